The molecule has 0 radical (unpaired) electrons. The molecule has 0 aliphatic rings. The topological polar surface area (TPSA) is 51.7 Å². The highest BCUT2D eigenvalue weighted by molar-refractivity contribution is 7.17. The van der Waals surface area contributed by atoms with Crippen LogP contribution in [-0.2, 0) is 0 Å². The molecule has 5 nitrogen and oxygen atoms in total. The summed E-state index contributed by atoms with van der Waals surface area (Å²) in [5, 5.41) is 0.886. The SMILES string of the molecule is CCCCN(CCCC)c1nc(-c2c(OC)cccc2OC)c(C=O)s1. The second-order valence-electron chi connectivity index (χ2n) is 6.06. The average Bonchev–Trinajstić information content (AvgIpc) is 3.11. The van der Waals surface area contributed by atoms with Gasteiger partial charge in [-0.25, -0.2) is 4.98 Å². The number of carbonyl (C=O) groups excluding carboxylic acids is 1. The first kappa shape index (κ1) is 20.2. The number of methoxy groups -OCH3 is 2. The van der Waals surface area contributed by atoms with Crippen molar-refractivity contribution in [2.75, 3.05) is 32.2 Å². The molecule has 0 amide bonds. The van der Waals surface area contributed by atoms with E-state index >= 15 is 0 Å². The van der Waals surface area contributed by atoms with Gasteiger partial charge in [0.15, 0.2) is 11.4 Å². The predicted molar refractivity (Wildman–Crippen MR) is 108 cm³/mol. The number of hydrogen-bond donors (Lipinski definition) is 0. The van der Waals surface area contributed by atoms with E-state index in [1.165, 1.54) is 11.3 Å². The minimum Gasteiger partial charge on any atom is -0.496 e. The van der Waals surface area contributed by atoms with Crippen molar-refractivity contribution < 1.29 is 14.3 Å². The van der Waals surface area contributed by atoms with Gasteiger partial charge < -0.3 is 14.4 Å². The summed E-state index contributed by atoms with van der Waals surface area (Å²) in [5.74, 6) is 1.30. The van der Waals surface area contributed by atoms with Gasteiger partial charge in [-0.1, -0.05) is 44.1 Å². The first-order chi connectivity index (χ1) is 12.7. The Bertz CT molecular complexity index is 685. The molecule has 0 aliphatic heterocycles. The maximum absolute atomic E-state index is 11.7. The van der Waals surface area contributed by atoms with E-state index in [1.54, 1.807) is 14.2 Å². The maximum Gasteiger partial charge on any atom is 0.186 e. The van der Waals surface area contributed by atoms with Crippen LogP contribution in [0.2, 0.25) is 0 Å². The molecule has 0 saturated carbocycles. The zero-order valence-corrected chi connectivity index (χ0v) is 16.9. The number of anilines is 1. The number of aldehydes is 1. The van der Waals surface area contributed by atoms with Crippen LogP contribution in [0.3, 0.4) is 0 Å². The number of thiazole rings is 1. The fourth-order valence-electron chi connectivity index (χ4n) is 2.80. The van der Waals surface area contributed by atoms with Gasteiger partial charge in [0.25, 0.3) is 0 Å². The highest BCUT2D eigenvalue weighted by atomic mass is 32.1. The summed E-state index contributed by atoms with van der Waals surface area (Å²) in [6.45, 7) is 6.26. The molecule has 2 rings (SSSR count). The summed E-state index contributed by atoms with van der Waals surface area (Å²) < 4.78 is 11.0. The van der Waals surface area contributed by atoms with Gasteiger partial charge in [-0.2, -0.15) is 0 Å². The van der Waals surface area contributed by atoms with E-state index in [-0.39, 0.29) is 0 Å². The molecule has 6 heteroatoms. The van der Waals surface area contributed by atoms with E-state index in [9.17, 15) is 4.79 Å². The van der Waals surface area contributed by atoms with Crippen LogP contribution in [0.1, 0.15) is 49.2 Å². The summed E-state index contributed by atoms with van der Waals surface area (Å²) in [6, 6.07) is 5.58. The van der Waals surface area contributed by atoms with E-state index < -0.39 is 0 Å². The predicted octanol–water partition coefficient (Wildman–Crippen LogP) is 5.05. The Morgan fingerprint density at radius 1 is 1.08 bits per heavy atom. The minimum absolute atomic E-state index is 0.598. The molecule has 0 N–H and O–H groups in total. The highest BCUT2D eigenvalue weighted by Gasteiger charge is 2.22. The Hall–Kier alpha value is -2.08. The third-order valence-electron chi connectivity index (χ3n) is 4.25. The van der Waals surface area contributed by atoms with Gasteiger partial charge in [0.1, 0.15) is 17.2 Å². The third kappa shape index (κ3) is 4.55. The van der Waals surface area contributed by atoms with Crippen molar-refractivity contribution in [2.24, 2.45) is 0 Å². The lowest BCUT2D eigenvalue weighted by Gasteiger charge is -2.21. The minimum atomic E-state index is 0.598. The second-order valence-corrected chi connectivity index (χ2v) is 7.07. The summed E-state index contributed by atoms with van der Waals surface area (Å²) in [6.07, 6.45) is 5.34. The Labute approximate surface area is 160 Å². The van der Waals surface area contributed by atoms with Crippen LogP contribution in [-0.4, -0.2) is 38.6 Å². The summed E-state index contributed by atoms with van der Waals surface area (Å²) in [7, 11) is 3.22. The van der Waals surface area contributed by atoms with Gasteiger partial charge >= 0.3 is 0 Å². The number of carbonyl (C=O) groups is 1. The standard InChI is InChI=1S/C20H28N2O3S/c1-5-7-12-22(13-8-6-2)20-21-19(17(14-23)26-20)18-15(24-3)10-9-11-16(18)25-4/h9-11,14H,5-8,12-13H2,1-4H3. The molecule has 0 aliphatic carbocycles. The lowest BCUT2D eigenvalue weighted by Crippen LogP contribution is -2.25. The van der Waals surface area contributed by atoms with E-state index in [1.807, 2.05) is 18.2 Å². The van der Waals surface area contributed by atoms with Gasteiger partial charge in [-0.3, -0.25) is 4.79 Å². The van der Waals surface area contributed by atoms with Crippen molar-refractivity contribution in [1.29, 1.82) is 0 Å². The van der Waals surface area contributed by atoms with Crippen molar-refractivity contribution >= 4 is 22.8 Å². The molecule has 2 aromatic rings. The molecule has 1 heterocycles. The fourth-order valence-corrected chi connectivity index (χ4v) is 3.74. The van der Waals surface area contributed by atoms with Crippen LogP contribution in [0.5, 0.6) is 11.5 Å². The smallest absolute Gasteiger partial charge is 0.186 e. The quantitative estimate of drug-likeness (QED) is 0.514. The van der Waals surface area contributed by atoms with E-state index in [0.29, 0.717) is 22.1 Å². The Morgan fingerprint density at radius 3 is 2.12 bits per heavy atom. The second kappa shape index (κ2) is 10.2. The zero-order chi connectivity index (χ0) is 18.9. The van der Waals surface area contributed by atoms with Crippen molar-refractivity contribution in [3.63, 3.8) is 0 Å². The lowest BCUT2D eigenvalue weighted by molar-refractivity contribution is 0.112. The molecule has 0 saturated heterocycles. The largest absolute Gasteiger partial charge is 0.496 e. The molecule has 1 aromatic carbocycles. The van der Waals surface area contributed by atoms with E-state index in [2.05, 4.69) is 18.7 Å². The number of nitrogens with zero attached hydrogens (tertiary/aromatic N) is 2. The van der Waals surface area contributed by atoms with Crippen LogP contribution in [0, 0.1) is 0 Å². The zero-order valence-electron chi connectivity index (χ0n) is 16.1. The number of rotatable bonds is 11. The maximum atomic E-state index is 11.7. The molecule has 0 bridgehead atoms. The molecule has 142 valence electrons. The fraction of sp³-hybridized carbons (Fsp3) is 0.500. The number of hydrogen-bond acceptors (Lipinski definition) is 6. The Kier molecular flexibility index (Phi) is 7.91. The van der Waals surface area contributed by atoms with Crippen molar-refractivity contribution in [2.45, 2.75) is 39.5 Å². The van der Waals surface area contributed by atoms with Gasteiger partial charge in [0.05, 0.1) is 24.7 Å². The first-order valence-electron chi connectivity index (χ1n) is 9.12. The normalized spacial score (nSPS) is 10.6. The Morgan fingerprint density at radius 2 is 1.65 bits per heavy atom. The molecule has 0 fully saturated rings. The van der Waals surface area contributed by atoms with Crippen LogP contribution in [0.4, 0.5) is 5.13 Å². The number of aromatic nitrogens is 1. The van der Waals surface area contributed by atoms with Crippen LogP contribution >= 0.6 is 11.3 Å². The third-order valence-corrected chi connectivity index (χ3v) is 5.29. The first-order valence-corrected chi connectivity index (χ1v) is 9.94. The van der Waals surface area contributed by atoms with Crippen LogP contribution in [0.15, 0.2) is 18.2 Å². The van der Waals surface area contributed by atoms with Gasteiger partial charge in [-0.15, -0.1) is 0 Å². The molecule has 0 atom stereocenters. The molecule has 0 unspecified atom stereocenters. The van der Waals surface area contributed by atoms with Crippen molar-refractivity contribution in [3.05, 3.63) is 23.1 Å². The number of benzene rings is 1. The van der Waals surface area contributed by atoms with Gasteiger partial charge in [-0.05, 0) is 25.0 Å². The van der Waals surface area contributed by atoms with E-state index in [0.717, 1.165) is 55.8 Å². The molecular weight excluding hydrogens is 348 g/mol. The summed E-state index contributed by atoms with van der Waals surface area (Å²) in [5.41, 5.74) is 1.36. The summed E-state index contributed by atoms with van der Waals surface area (Å²) >= 11 is 1.44. The van der Waals surface area contributed by atoms with Crippen molar-refractivity contribution in [3.8, 4) is 22.8 Å². The summed E-state index contributed by atoms with van der Waals surface area (Å²) in [4.78, 5) is 19.4. The number of unbranched alkanes of at least 4 members (excludes halogenated alkanes) is 2. The molecular formula is C20H28N2O3S. The van der Waals surface area contributed by atoms with Crippen LogP contribution in [0.25, 0.3) is 11.3 Å². The lowest BCUT2D eigenvalue weighted by atomic mass is 10.1. The van der Waals surface area contributed by atoms with Gasteiger partial charge in [0.2, 0.25) is 0 Å². The van der Waals surface area contributed by atoms with Crippen molar-refractivity contribution in [1.82, 2.24) is 4.98 Å². The van der Waals surface area contributed by atoms with Crippen LogP contribution < -0.4 is 14.4 Å². The molecule has 0 spiro atoms. The monoisotopic (exact) mass is 376 g/mol. The number of ether oxygens (including phenoxy) is 2. The van der Waals surface area contributed by atoms with Gasteiger partial charge in [0, 0.05) is 13.1 Å². The average molecular weight is 377 g/mol. The highest BCUT2D eigenvalue weighted by Crippen LogP contribution is 2.42. The molecule has 26 heavy (non-hydrogen) atoms. The van der Waals surface area contributed by atoms with E-state index in [4.69, 9.17) is 14.5 Å². The Balaban J connectivity index is 2.50. The molecule has 1 aromatic heterocycles.